The summed E-state index contributed by atoms with van der Waals surface area (Å²) in [6.07, 6.45) is 0.809. The van der Waals surface area contributed by atoms with Gasteiger partial charge in [0.15, 0.2) is 5.13 Å². The number of aromatic nitrogens is 1. The first-order chi connectivity index (χ1) is 8.72. The quantitative estimate of drug-likeness (QED) is 0.870. The zero-order chi connectivity index (χ0) is 13.0. The van der Waals surface area contributed by atoms with Crippen molar-refractivity contribution in [2.24, 2.45) is 5.73 Å². The van der Waals surface area contributed by atoms with Gasteiger partial charge in [0.2, 0.25) is 0 Å². The van der Waals surface area contributed by atoms with E-state index in [0.717, 1.165) is 28.7 Å². The minimum Gasteiger partial charge on any atom is -0.495 e. The second kappa shape index (κ2) is 5.84. The van der Waals surface area contributed by atoms with Crippen molar-refractivity contribution < 1.29 is 4.74 Å². The number of hydrogen-bond acceptors (Lipinski definition) is 5. The fraction of sp³-hybridized carbons (Fsp3) is 0.308. The average Bonchev–Trinajstić information content (AvgIpc) is 2.77. The van der Waals surface area contributed by atoms with E-state index in [-0.39, 0.29) is 0 Å². The molecule has 0 spiro atoms. The van der Waals surface area contributed by atoms with Crippen LogP contribution in [0.5, 0.6) is 5.75 Å². The fourth-order valence-corrected chi connectivity index (χ4v) is 2.42. The van der Waals surface area contributed by atoms with E-state index in [2.05, 4.69) is 10.3 Å². The highest BCUT2D eigenvalue weighted by Crippen LogP contribution is 2.29. The largest absolute Gasteiger partial charge is 0.495 e. The summed E-state index contributed by atoms with van der Waals surface area (Å²) < 4.78 is 5.32. The van der Waals surface area contributed by atoms with Crippen LogP contribution in [0.1, 0.15) is 11.3 Å². The number of nitrogens with two attached hydrogens (primary N) is 1. The number of rotatable bonds is 5. The maximum atomic E-state index is 5.51. The molecule has 3 N–H and O–H groups in total. The fourth-order valence-electron chi connectivity index (χ4n) is 1.66. The van der Waals surface area contributed by atoms with Crippen molar-refractivity contribution in [1.29, 1.82) is 0 Å². The number of ether oxygens (including phenoxy) is 1. The first-order valence-electron chi connectivity index (χ1n) is 5.79. The van der Waals surface area contributed by atoms with Gasteiger partial charge in [-0.15, -0.1) is 11.3 Å². The van der Waals surface area contributed by atoms with Gasteiger partial charge in [0, 0.05) is 11.8 Å². The van der Waals surface area contributed by atoms with Crippen LogP contribution in [0.2, 0.25) is 0 Å². The Morgan fingerprint density at radius 2 is 2.28 bits per heavy atom. The maximum absolute atomic E-state index is 5.51. The summed E-state index contributed by atoms with van der Waals surface area (Å²) in [6, 6.07) is 6.01. The lowest BCUT2D eigenvalue weighted by Crippen LogP contribution is -2.03. The van der Waals surface area contributed by atoms with Crippen molar-refractivity contribution in [2.75, 3.05) is 19.0 Å². The Hall–Kier alpha value is -1.59. The van der Waals surface area contributed by atoms with Gasteiger partial charge in [-0.1, -0.05) is 6.07 Å². The monoisotopic (exact) mass is 263 g/mol. The van der Waals surface area contributed by atoms with E-state index in [1.54, 1.807) is 18.4 Å². The standard InChI is InChI=1S/C13H17N3OS/c1-9-3-4-12(17-2)11(7-9)16-13-15-10(5-6-14)8-18-13/h3-4,7-8H,5-6,14H2,1-2H3,(H,15,16). The number of thiazole rings is 1. The van der Waals surface area contributed by atoms with Gasteiger partial charge in [-0.25, -0.2) is 4.98 Å². The lowest BCUT2D eigenvalue weighted by molar-refractivity contribution is 0.416. The van der Waals surface area contributed by atoms with Gasteiger partial charge in [-0.05, 0) is 31.2 Å². The van der Waals surface area contributed by atoms with Gasteiger partial charge in [-0.3, -0.25) is 0 Å². The first kappa shape index (κ1) is 12.9. The van der Waals surface area contributed by atoms with Gasteiger partial charge in [-0.2, -0.15) is 0 Å². The van der Waals surface area contributed by atoms with Crippen LogP contribution in [0.15, 0.2) is 23.6 Å². The van der Waals surface area contributed by atoms with Crippen LogP contribution in [0.25, 0.3) is 0 Å². The molecule has 0 bridgehead atoms. The van der Waals surface area contributed by atoms with Gasteiger partial charge in [0.25, 0.3) is 0 Å². The van der Waals surface area contributed by atoms with Crippen LogP contribution >= 0.6 is 11.3 Å². The summed E-state index contributed by atoms with van der Waals surface area (Å²) in [5.41, 5.74) is 8.65. The Morgan fingerprint density at radius 3 is 3.00 bits per heavy atom. The molecule has 96 valence electrons. The number of aryl methyl sites for hydroxylation is 1. The zero-order valence-corrected chi connectivity index (χ0v) is 11.4. The van der Waals surface area contributed by atoms with Gasteiger partial charge in [0.05, 0.1) is 18.5 Å². The minimum atomic E-state index is 0.622. The van der Waals surface area contributed by atoms with Crippen LogP contribution in [0.4, 0.5) is 10.8 Å². The van der Waals surface area contributed by atoms with E-state index in [1.165, 1.54) is 5.56 Å². The van der Waals surface area contributed by atoms with Crippen LogP contribution in [-0.2, 0) is 6.42 Å². The molecule has 2 rings (SSSR count). The molecule has 0 saturated carbocycles. The van der Waals surface area contributed by atoms with Crippen molar-refractivity contribution in [2.45, 2.75) is 13.3 Å². The van der Waals surface area contributed by atoms with Gasteiger partial charge >= 0.3 is 0 Å². The van der Waals surface area contributed by atoms with E-state index in [9.17, 15) is 0 Å². The summed E-state index contributed by atoms with van der Waals surface area (Å²) in [7, 11) is 1.66. The lowest BCUT2D eigenvalue weighted by Gasteiger charge is -2.09. The number of nitrogens with one attached hydrogen (secondary N) is 1. The highest BCUT2D eigenvalue weighted by Gasteiger charge is 2.06. The Kier molecular flexibility index (Phi) is 4.17. The van der Waals surface area contributed by atoms with Crippen LogP contribution < -0.4 is 15.8 Å². The normalized spacial score (nSPS) is 10.4. The highest BCUT2D eigenvalue weighted by atomic mass is 32.1. The lowest BCUT2D eigenvalue weighted by atomic mass is 10.2. The topological polar surface area (TPSA) is 60.2 Å². The van der Waals surface area contributed by atoms with Crippen LogP contribution in [0, 0.1) is 6.92 Å². The Balaban J connectivity index is 2.19. The molecule has 0 amide bonds. The molecule has 0 fully saturated rings. The maximum Gasteiger partial charge on any atom is 0.187 e. The summed E-state index contributed by atoms with van der Waals surface area (Å²) in [5, 5.41) is 6.17. The third-order valence-corrected chi connectivity index (χ3v) is 3.36. The molecule has 18 heavy (non-hydrogen) atoms. The molecule has 2 aromatic rings. The summed E-state index contributed by atoms with van der Waals surface area (Å²) in [4.78, 5) is 4.47. The zero-order valence-electron chi connectivity index (χ0n) is 10.6. The average molecular weight is 263 g/mol. The van der Waals surface area contributed by atoms with Crippen molar-refractivity contribution in [3.63, 3.8) is 0 Å². The van der Waals surface area contributed by atoms with Gasteiger partial charge < -0.3 is 15.8 Å². The van der Waals surface area contributed by atoms with Crippen molar-refractivity contribution in [1.82, 2.24) is 4.98 Å². The third-order valence-electron chi connectivity index (χ3n) is 2.55. The van der Waals surface area contributed by atoms with Crippen LogP contribution in [0.3, 0.4) is 0 Å². The van der Waals surface area contributed by atoms with E-state index in [1.807, 2.05) is 30.5 Å². The van der Waals surface area contributed by atoms with Crippen molar-refractivity contribution in [3.05, 3.63) is 34.8 Å². The summed E-state index contributed by atoms with van der Waals surface area (Å²) in [6.45, 7) is 2.67. The van der Waals surface area contributed by atoms with Crippen molar-refractivity contribution in [3.8, 4) is 5.75 Å². The molecule has 0 radical (unpaired) electrons. The van der Waals surface area contributed by atoms with E-state index >= 15 is 0 Å². The molecule has 0 aliphatic heterocycles. The molecule has 1 aromatic heterocycles. The molecule has 1 heterocycles. The molecule has 0 atom stereocenters. The predicted molar refractivity (Wildman–Crippen MR) is 75.9 cm³/mol. The number of nitrogens with zero attached hydrogens (tertiary/aromatic N) is 1. The van der Waals surface area contributed by atoms with E-state index in [0.29, 0.717) is 6.54 Å². The molecule has 0 aliphatic rings. The van der Waals surface area contributed by atoms with Gasteiger partial charge in [0.1, 0.15) is 5.75 Å². The molecule has 0 aliphatic carbocycles. The smallest absolute Gasteiger partial charge is 0.187 e. The highest BCUT2D eigenvalue weighted by molar-refractivity contribution is 7.13. The minimum absolute atomic E-state index is 0.622. The predicted octanol–water partition coefficient (Wildman–Crippen LogP) is 2.70. The first-order valence-corrected chi connectivity index (χ1v) is 6.67. The number of anilines is 2. The Labute approximate surface area is 111 Å². The molecule has 5 heteroatoms. The SMILES string of the molecule is COc1ccc(C)cc1Nc1nc(CCN)cs1. The summed E-state index contributed by atoms with van der Waals surface area (Å²) in [5.74, 6) is 0.816. The molecule has 0 saturated heterocycles. The number of hydrogen-bond donors (Lipinski definition) is 2. The third kappa shape index (κ3) is 3.00. The number of benzene rings is 1. The molecule has 4 nitrogen and oxygen atoms in total. The van der Waals surface area contributed by atoms with E-state index in [4.69, 9.17) is 10.5 Å². The summed E-state index contributed by atoms with van der Waals surface area (Å²) >= 11 is 1.58. The Morgan fingerprint density at radius 1 is 1.44 bits per heavy atom. The van der Waals surface area contributed by atoms with Crippen molar-refractivity contribution >= 4 is 22.2 Å². The second-order valence-electron chi connectivity index (χ2n) is 4.01. The molecular weight excluding hydrogens is 246 g/mol. The van der Waals surface area contributed by atoms with E-state index < -0.39 is 0 Å². The van der Waals surface area contributed by atoms with Crippen LogP contribution in [-0.4, -0.2) is 18.6 Å². The molecular formula is C13H17N3OS. The Bertz CT molecular complexity index is 525. The molecule has 1 aromatic carbocycles. The second-order valence-corrected chi connectivity index (χ2v) is 4.87. The molecule has 0 unspecified atom stereocenters. The number of methoxy groups -OCH3 is 1.